The summed E-state index contributed by atoms with van der Waals surface area (Å²) in [4.78, 5) is 27.1. The molecule has 2 N–H and O–H groups in total. The molecule has 142 valence electrons. The number of rotatable bonds is 5. The minimum absolute atomic E-state index is 0.130. The number of aromatic nitrogens is 1. The van der Waals surface area contributed by atoms with Gasteiger partial charge in [-0.25, -0.2) is 22.5 Å². The van der Waals surface area contributed by atoms with Crippen LogP contribution >= 0.6 is 11.6 Å². The van der Waals surface area contributed by atoms with Gasteiger partial charge in [-0.2, -0.15) is 0 Å². The van der Waals surface area contributed by atoms with Crippen molar-refractivity contribution in [1.82, 2.24) is 19.9 Å². The molecule has 3 rings (SSSR count). The van der Waals surface area contributed by atoms with Crippen LogP contribution in [-0.2, 0) is 14.8 Å². The van der Waals surface area contributed by atoms with E-state index >= 15 is 0 Å². The zero-order valence-corrected chi connectivity index (χ0v) is 15.6. The van der Waals surface area contributed by atoms with Gasteiger partial charge in [-0.1, -0.05) is 11.6 Å². The summed E-state index contributed by atoms with van der Waals surface area (Å²) in [6.07, 6.45) is 2.41. The molecule has 2 aliphatic heterocycles. The molecule has 9 nitrogen and oxygen atoms in total. The summed E-state index contributed by atoms with van der Waals surface area (Å²) in [7, 11) is -3.71. The molecule has 2 aliphatic rings. The Kier molecular flexibility index (Phi) is 5.09. The smallest absolute Gasteiger partial charge is 0.322 e. The van der Waals surface area contributed by atoms with Crippen LogP contribution < -0.4 is 15.4 Å². The quantitative estimate of drug-likeness (QED) is 0.547. The second-order valence-corrected chi connectivity index (χ2v) is 8.89. The van der Waals surface area contributed by atoms with Gasteiger partial charge in [0.1, 0.15) is 22.5 Å². The van der Waals surface area contributed by atoms with Gasteiger partial charge in [0.05, 0.1) is 11.9 Å². The SMILES string of the molecule is CC1(CS(=O)(=O)N2CCC(Oc3ccc(Cl)nc3)CC2)NC(=O)NC1=O. The van der Waals surface area contributed by atoms with Crippen LogP contribution in [0.4, 0.5) is 4.79 Å². The maximum absolute atomic E-state index is 12.6. The van der Waals surface area contributed by atoms with Crippen molar-refractivity contribution in [2.45, 2.75) is 31.4 Å². The summed E-state index contributed by atoms with van der Waals surface area (Å²) in [6.45, 7) is 1.95. The first-order valence-electron chi connectivity index (χ1n) is 8.08. The zero-order valence-electron chi connectivity index (χ0n) is 14.1. The van der Waals surface area contributed by atoms with Crippen molar-refractivity contribution < 1.29 is 22.7 Å². The fourth-order valence-corrected chi connectivity index (χ4v) is 4.98. The summed E-state index contributed by atoms with van der Waals surface area (Å²) in [5, 5.41) is 4.81. The van der Waals surface area contributed by atoms with E-state index in [-0.39, 0.29) is 19.2 Å². The molecule has 0 radical (unpaired) electrons. The molecule has 3 heterocycles. The van der Waals surface area contributed by atoms with E-state index in [4.69, 9.17) is 16.3 Å². The molecule has 0 spiro atoms. The number of nitrogens with one attached hydrogen (secondary N) is 2. The van der Waals surface area contributed by atoms with Crippen LogP contribution in [0.1, 0.15) is 19.8 Å². The third-order valence-corrected chi connectivity index (χ3v) is 6.70. The van der Waals surface area contributed by atoms with Gasteiger partial charge in [-0.05, 0) is 31.9 Å². The van der Waals surface area contributed by atoms with Gasteiger partial charge in [0.15, 0.2) is 0 Å². The van der Waals surface area contributed by atoms with E-state index in [9.17, 15) is 18.0 Å². The first-order valence-corrected chi connectivity index (χ1v) is 10.1. The Labute approximate surface area is 156 Å². The minimum Gasteiger partial charge on any atom is -0.489 e. The molecule has 1 aromatic rings. The van der Waals surface area contributed by atoms with E-state index in [1.807, 2.05) is 0 Å². The highest BCUT2D eigenvalue weighted by atomic mass is 35.5. The largest absolute Gasteiger partial charge is 0.489 e. The van der Waals surface area contributed by atoms with Gasteiger partial charge in [-0.3, -0.25) is 10.1 Å². The fourth-order valence-electron chi connectivity index (χ4n) is 2.99. The number of piperidine rings is 1. The summed E-state index contributed by atoms with van der Waals surface area (Å²) in [5.41, 5.74) is -1.46. The van der Waals surface area contributed by atoms with E-state index in [2.05, 4.69) is 15.6 Å². The number of nitrogens with zero attached hydrogens (tertiary/aromatic N) is 2. The molecule has 2 fully saturated rings. The highest BCUT2D eigenvalue weighted by Crippen LogP contribution is 2.23. The molecule has 0 bridgehead atoms. The predicted octanol–water partition coefficient (Wildman–Crippen LogP) is 0.506. The lowest BCUT2D eigenvalue weighted by Gasteiger charge is -2.33. The van der Waals surface area contributed by atoms with Gasteiger partial charge in [-0.15, -0.1) is 0 Å². The van der Waals surface area contributed by atoms with Crippen molar-refractivity contribution in [3.05, 3.63) is 23.5 Å². The summed E-state index contributed by atoms with van der Waals surface area (Å²) < 4.78 is 32.4. The summed E-state index contributed by atoms with van der Waals surface area (Å²) in [6, 6.07) is 2.65. The fraction of sp³-hybridized carbons (Fsp3) is 0.533. The zero-order chi connectivity index (χ0) is 18.9. The molecule has 0 saturated carbocycles. The van der Waals surface area contributed by atoms with Gasteiger partial charge in [0.25, 0.3) is 5.91 Å². The molecule has 1 aromatic heterocycles. The molecule has 3 amide bonds. The van der Waals surface area contributed by atoms with Gasteiger partial charge < -0.3 is 10.1 Å². The van der Waals surface area contributed by atoms with Crippen LogP contribution in [-0.4, -0.2) is 60.1 Å². The van der Waals surface area contributed by atoms with Crippen LogP contribution in [0.2, 0.25) is 5.15 Å². The number of imide groups is 1. The monoisotopic (exact) mass is 402 g/mol. The maximum atomic E-state index is 12.6. The number of sulfonamides is 1. The van der Waals surface area contributed by atoms with E-state index in [1.54, 1.807) is 12.1 Å². The number of hydrogen-bond donors (Lipinski definition) is 2. The number of pyridine rings is 1. The second-order valence-electron chi connectivity index (χ2n) is 6.53. The third-order valence-electron chi connectivity index (χ3n) is 4.39. The normalized spacial score (nSPS) is 25.0. The Morgan fingerprint density at radius 2 is 2.04 bits per heavy atom. The van der Waals surface area contributed by atoms with Crippen molar-refractivity contribution in [2.24, 2.45) is 0 Å². The first kappa shape index (κ1) is 18.9. The van der Waals surface area contributed by atoms with Gasteiger partial charge >= 0.3 is 6.03 Å². The number of halogens is 1. The molecular weight excluding hydrogens is 384 g/mol. The lowest BCUT2D eigenvalue weighted by Crippen LogP contribution is -2.53. The Hall–Kier alpha value is -1.91. The van der Waals surface area contributed by atoms with Crippen LogP contribution in [0, 0.1) is 0 Å². The molecular formula is C15H19ClN4O5S. The molecule has 1 unspecified atom stereocenters. The van der Waals surface area contributed by atoms with Crippen molar-refractivity contribution in [2.75, 3.05) is 18.8 Å². The van der Waals surface area contributed by atoms with E-state index in [0.717, 1.165) is 0 Å². The van der Waals surface area contributed by atoms with Crippen LogP contribution in [0.5, 0.6) is 5.75 Å². The van der Waals surface area contributed by atoms with Crippen molar-refractivity contribution >= 4 is 33.6 Å². The van der Waals surface area contributed by atoms with Crippen LogP contribution in [0.15, 0.2) is 18.3 Å². The minimum atomic E-state index is -3.71. The molecule has 0 aliphatic carbocycles. The van der Waals surface area contributed by atoms with E-state index < -0.39 is 33.3 Å². The molecule has 2 saturated heterocycles. The number of ether oxygens (including phenoxy) is 1. The Morgan fingerprint density at radius 1 is 1.35 bits per heavy atom. The van der Waals surface area contributed by atoms with Crippen LogP contribution in [0.3, 0.4) is 0 Å². The van der Waals surface area contributed by atoms with Gasteiger partial charge in [0, 0.05) is 13.1 Å². The highest BCUT2D eigenvalue weighted by molar-refractivity contribution is 7.89. The standard InChI is InChI=1S/C15H19ClN4O5S/c1-15(13(21)18-14(22)19-15)9-26(23,24)20-6-4-10(5-7-20)25-11-2-3-12(16)17-8-11/h2-3,8,10H,4-7,9H2,1H3,(H2,18,19,21,22). The first-order chi connectivity index (χ1) is 12.2. The second kappa shape index (κ2) is 7.01. The van der Waals surface area contributed by atoms with Crippen molar-refractivity contribution in [3.63, 3.8) is 0 Å². The number of carbonyl (C=O) groups excluding carboxylic acids is 2. The lowest BCUT2D eigenvalue weighted by molar-refractivity contribution is -0.122. The number of carbonyl (C=O) groups is 2. The lowest BCUT2D eigenvalue weighted by atomic mass is 10.1. The van der Waals surface area contributed by atoms with Crippen molar-refractivity contribution in [3.8, 4) is 5.75 Å². The van der Waals surface area contributed by atoms with E-state index in [0.29, 0.717) is 23.7 Å². The van der Waals surface area contributed by atoms with Crippen LogP contribution in [0.25, 0.3) is 0 Å². The Bertz CT molecular complexity index is 808. The summed E-state index contributed by atoms with van der Waals surface area (Å²) in [5.74, 6) is -0.544. The van der Waals surface area contributed by atoms with E-state index in [1.165, 1.54) is 17.4 Å². The average molecular weight is 403 g/mol. The molecule has 11 heteroatoms. The Balaban J connectivity index is 1.57. The Morgan fingerprint density at radius 3 is 2.58 bits per heavy atom. The predicted molar refractivity (Wildman–Crippen MR) is 93.3 cm³/mol. The molecule has 1 atom stereocenters. The molecule has 26 heavy (non-hydrogen) atoms. The number of urea groups is 1. The molecule has 0 aromatic carbocycles. The number of hydrogen-bond acceptors (Lipinski definition) is 6. The van der Waals surface area contributed by atoms with Crippen molar-refractivity contribution in [1.29, 1.82) is 0 Å². The average Bonchev–Trinajstić information content (AvgIpc) is 2.81. The highest BCUT2D eigenvalue weighted by Gasteiger charge is 2.46. The number of amides is 3. The summed E-state index contributed by atoms with van der Waals surface area (Å²) >= 11 is 5.73. The maximum Gasteiger partial charge on any atom is 0.322 e. The third kappa shape index (κ3) is 4.08. The van der Waals surface area contributed by atoms with Gasteiger partial charge in [0.2, 0.25) is 10.0 Å². The topological polar surface area (TPSA) is 118 Å².